The van der Waals surface area contributed by atoms with Crippen LogP contribution in [0.15, 0.2) is 42.5 Å². The molecule has 2 aromatic rings. The van der Waals surface area contributed by atoms with Crippen molar-refractivity contribution in [1.29, 1.82) is 0 Å². The Morgan fingerprint density at radius 1 is 1.26 bits per heavy atom. The number of hydrogen-bond acceptors (Lipinski definition) is 3. The van der Waals surface area contributed by atoms with Crippen LogP contribution in [0.4, 0.5) is 5.69 Å². The van der Waals surface area contributed by atoms with E-state index in [0.29, 0.717) is 11.3 Å². The maximum absolute atomic E-state index is 12.0. The Morgan fingerprint density at radius 3 is 2.74 bits per heavy atom. The van der Waals surface area contributed by atoms with E-state index >= 15 is 0 Å². The zero-order valence-corrected chi connectivity index (χ0v) is 13.4. The lowest BCUT2D eigenvalue weighted by Gasteiger charge is -2.09. The first-order chi connectivity index (χ1) is 11.1. The monoisotopic (exact) mass is 324 g/mol. The highest BCUT2D eigenvalue weighted by Crippen LogP contribution is 2.17. The molecule has 5 heteroatoms. The van der Waals surface area contributed by atoms with Crippen LogP contribution in [0.3, 0.4) is 0 Å². The van der Waals surface area contributed by atoms with Crippen molar-refractivity contribution in [2.75, 3.05) is 11.9 Å². The second kappa shape index (κ2) is 7.97. The van der Waals surface area contributed by atoms with E-state index in [4.69, 9.17) is 6.42 Å². The van der Waals surface area contributed by atoms with E-state index in [0.717, 1.165) is 4.88 Å². The molecule has 0 bridgehead atoms. The number of para-hydroxylation sites is 1. The van der Waals surface area contributed by atoms with Gasteiger partial charge in [-0.25, -0.2) is 0 Å². The van der Waals surface area contributed by atoms with E-state index < -0.39 is 0 Å². The fourth-order valence-electron chi connectivity index (χ4n) is 1.89. The van der Waals surface area contributed by atoms with E-state index in [9.17, 15) is 9.59 Å². The molecular weight excluding hydrogens is 308 g/mol. The van der Waals surface area contributed by atoms with Crippen molar-refractivity contribution < 1.29 is 9.59 Å². The van der Waals surface area contributed by atoms with Gasteiger partial charge in [-0.05, 0) is 37.3 Å². The number of terminal acetylenes is 1. The lowest BCUT2D eigenvalue weighted by atomic mass is 10.1. The van der Waals surface area contributed by atoms with Crippen LogP contribution < -0.4 is 10.6 Å². The summed E-state index contributed by atoms with van der Waals surface area (Å²) in [4.78, 5) is 26.2. The topological polar surface area (TPSA) is 58.2 Å². The summed E-state index contributed by atoms with van der Waals surface area (Å²) >= 11 is 1.60. The molecule has 1 heterocycles. The second-order valence-electron chi connectivity index (χ2n) is 4.70. The van der Waals surface area contributed by atoms with E-state index in [1.165, 1.54) is 11.0 Å². The normalized spacial score (nSPS) is 10.3. The van der Waals surface area contributed by atoms with E-state index in [2.05, 4.69) is 16.6 Å². The van der Waals surface area contributed by atoms with Gasteiger partial charge in [-0.2, -0.15) is 0 Å². The maximum atomic E-state index is 12.0. The number of thiophene rings is 1. The molecule has 0 saturated carbocycles. The van der Waals surface area contributed by atoms with Crippen LogP contribution in [0.1, 0.15) is 20.1 Å². The predicted molar refractivity (Wildman–Crippen MR) is 94.3 cm³/mol. The molecule has 0 fully saturated rings. The lowest BCUT2D eigenvalue weighted by Crippen LogP contribution is -2.25. The second-order valence-corrected chi connectivity index (χ2v) is 6.02. The van der Waals surface area contributed by atoms with Gasteiger partial charge in [0.05, 0.1) is 17.8 Å². The number of anilines is 1. The minimum Gasteiger partial charge on any atom is -0.341 e. The van der Waals surface area contributed by atoms with E-state index in [1.54, 1.807) is 41.7 Å². The van der Waals surface area contributed by atoms with Gasteiger partial charge < -0.3 is 10.6 Å². The number of nitrogens with one attached hydrogen (secondary N) is 2. The summed E-state index contributed by atoms with van der Waals surface area (Å²) in [6.07, 6.45) is 8.32. The number of carbonyl (C=O) groups excluding carboxylic acids is 2. The van der Waals surface area contributed by atoms with Crippen LogP contribution >= 0.6 is 11.3 Å². The van der Waals surface area contributed by atoms with Gasteiger partial charge in [0.15, 0.2) is 0 Å². The van der Waals surface area contributed by atoms with Crippen LogP contribution in [0.5, 0.6) is 0 Å². The Kier molecular flexibility index (Phi) is 5.73. The standard InChI is InChI=1S/C18H16N2O2S/c1-3-12-19-18(22)15-6-4-5-7-16(15)20-17(21)11-10-14-9-8-13(2)23-14/h1,4-11H,12H2,2H3,(H,19,22)(H,20,21)/b11-10+. The molecule has 1 aromatic heterocycles. The minimum atomic E-state index is -0.322. The summed E-state index contributed by atoms with van der Waals surface area (Å²) in [5.41, 5.74) is 0.815. The first kappa shape index (κ1) is 16.5. The quantitative estimate of drug-likeness (QED) is 0.656. The Morgan fingerprint density at radius 2 is 2.04 bits per heavy atom. The van der Waals surface area contributed by atoms with E-state index in [1.807, 2.05) is 19.1 Å². The summed E-state index contributed by atoms with van der Waals surface area (Å²) in [6, 6.07) is 10.7. The molecule has 0 radical (unpaired) electrons. The van der Waals surface area contributed by atoms with Crippen LogP contribution in [-0.2, 0) is 4.79 Å². The fourth-order valence-corrected chi connectivity index (χ4v) is 2.67. The molecule has 0 unspecified atom stereocenters. The number of benzene rings is 1. The summed E-state index contributed by atoms with van der Waals surface area (Å²) in [5.74, 6) is 1.72. The molecule has 23 heavy (non-hydrogen) atoms. The van der Waals surface area contributed by atoms with Gasteiger partial charge in [0.25, 0.3) is 5.91 Å². The maximum Gasteiger partial charge on any atom is 0.254 e. The van der Waals surface area contributed by atoms with Crippen LogP contribution in [0.2, 0.25) is 0 Å². The number of aryl methyl sites for hydroxylation is 1. The third-order valence-electron chi connectivity index (χ3n) is 2.94. The number of hydrogen-bond donors (Lipinski definition) is 2. The van der Waals surface area contributed by atoms with Crippen molar-refractivity contribution >= 4 is 34.9 Å². The molecule has 1 aromatic carbocycles. The molecule has 0 saturated heterocycles. The third-order valence-corrected chi connectivity index (χ3v) is 3.91. The van der Waals surface area contributed by atoms with Crippen LogP contribution in [0, 0.1) is 19.3 Å². The molecule has 2 amide bonds. The van der Waals surface area contributed by atoms with Crippen molar-refractivity contribution in [1.82, 2.24) is 5.32 Å². The highest BCUT2D eigenvalue weighted by atomic mass is 32.1. The summed E-state index contributed by atoms with van der Waals surface area (Å²) in [6.45, 7) is 2.14. The molecule has 4 nitrogen and oxygen atoms in total. The van der Waals surface area contributed by atoms with Crippen molar-refractivity contribution in [3.05, 3.63) is 57.8 Å². The number of amides is 2. The molecule has 0 spiro atoms. The molecule has 0 aliphatic heterocycles. The van der Waals surface area contributed by atoms with Crippen molar-refractivity contribution in [3.63, 3.8) is 0 Å². The van der Waals surface area contributed by atoms with Crippen molar-refractivity contribution in [2.24, 2.45) is 0 Å². The average Bonchev–Trinajstić information content (AvgIpc) is 2.96. The number of carbonyl (C=O) groups is 2. The summed E-state index contributed by atoms with van der Waals surface area (Å²) < 4.78 is 0. The van der Waals surface area contributed by atoms with Crippen LogP contribution in [0.25, 0.3) is 6.08 Å². The molecule has 2 rings (SSSR count). The van der Waals surface area contributed by atoms with Crippen molar-refractivity contribution in [2.45, 2.75) is 6.92 Å². The zero-order valence-electron chi connectivity index (χ0n) is 12.6. The first-order valence-corrected chi connectivity index (χ1v) is 7.78. The Bertz CT molecular complexity index is 784. The highest BCUT2D eigenvalue weighted by Gasteiger charge is 2.11. The smallest absolute Gasteiger partial charge is 0.254 e. The molecule has 0 aliphatic rings. The highest BCUT2D eigenvalue weighted by molar-refractivity contribution is 7.12. The average molecular weight is 324 g/mol. The van der Waals surface area contributed by atoms with Gasteiger partial charge in [-0.15, -0.1) is 17.8 Å². The van der Waals surface area contributed by atoms with Crippen LogP contribution in [-0.4, -0.2) is 18.4 Å². The lowest BCUT2D eigenvalue weighted by molar-refractivity contribution is -0.111. The van der Waals surface area contributed by atoms with Crippen molar-refractivity contribution in [3.8, 4) is 12.3 Å². The first-order valence-electron chi connectivity index (χ1n) is 6.96. The molecule has 116 valence electrons. The Hall–Kier alpha value is -2.84. The number of rotatable bonds is 5. The molecule has 2 N–H and O–H groups in total. The van der Waals surface area contributed by atoms with Gasteiger partial charge in [0, 0.05) is 15.8 Å². The molecule has 0 aliphatic carbocycles. The van der Waals surface area contributed by atoms with Gasteiger partial charge in [-0.3, -0.25) is 9.59 Å². The molecular formula is C18H16N2O2S. The predicted octanol–water partition coefficient (Wildman–Crippen LogP) is 3.07. The minimum absolute atomic E-state index is 0.138. The SMILES string of the molecule is C#CCNC(=O)c1ccccc1NC(=O)/C=C/c1ccc(C)s1. The van der Waals surface area contributed by atoms with Gasteiger partial charge in [0.1, 0.15) is 0 Å². The van der Waals surface area contributed by atoms with E-state index in [-0.39, 0.29) is 18.4 Å². The van der Waals surface area contributed by atoms with Gasteiger partial charge in [-0.1, -0.05) is 18.1 Å². The third kappa shape index (κ3) is 4.83. The summed E-state index contributed by atoms with van der Waals surface area (Å²) in [7, 11) is 0. The Balaban J connectivity index is 2.07. The van der Waals surface area contributed by atoms with Gasteiger partial charge in [0.2, 0.25) is 5.91 Å². The fraction of sp³-hybridized carbons (Fsp3) is 0.111. The van der Waals surface area contributed by atoms with Gasteiger partial charge >= 0.3 is 0 Å². The summed E-state index contributed by atoms with van der Waals surface area (Å²) in [5, 5.41) is 5.29. The molecule has 0 atom stereocenters. The Labute approximate surface area is 139 Å². The zero-order chi connectivity index (χ0) is 16.7. The largest absolute Gasteiger partial charge is 0.341 e.